The molecule has 1 unspecified atom stereocenters. The van der Waals surface area contributed by atoms with Crippen molar-refractivity contribution in [3.63, 3.8) is 0 Å². The Balaban J connectivity index is 0.00000784. The van der Waals surface area contributed by atoms with E-state index in [1.54, 1.807) is 0 Å². The molecule has 0 aliphatic carbocycles. The molecule has 0 fully saturated rings. The minimum Gasteiger partial charge on any atom is -0.662 e. The van der Waals surface area contributed by atoms with Gasteiger partial charge in [-0.1, -0.05) is 84.1 Å². The third kappa shape index (κ3) is 14.4. The first-order chi connectivity index (χ1) is 13.4. The van der Waals surface area contributed by atoms with Crippen LogP contribution in [-0.2, 0) is 43.9 Å². The molecule has 0 aliphatic rings. The average Bonchev–Trinajstić information content (AvgIpc) is 2.65. The standard InChI is InChI=1S/C25H43N2O.Y/c1-20(2)11-7-10-17-26-16-8-6-9-18-27-25(28)22(5)24-14-12-23(13-15-24)19-21(3)4;/h12-15,20-22H,6-11,16-19H2,1-5H3,(H,27,28);/q-1;. The van der Waals surface area contributed by atoms with Crippen molar-refractivity contribution in [1.29, 1.82) is 0 Å². The van der Waals surface area contributed by atoms with Crippen LogP contribution in [-0.4, -0.2) is 25.5 Å². The molecule has 0 aromatic heterocycles. The monoisotopic (exact) mass is 476 g/mol. The number of carbonyl (C=O) groups is 1. The Morgan fingerprint density at radius 3 is 2.07 bits per heavy atom. The summed E-state index contributed by atoms with van der Waals surface area (Å²) in [6.07, 6.45) is 8.23. The molecule has 163 valence electrons. The SMILES string of the molecule is CC(C)CCCC[N-]CCCCCNC(=O)C(C)c1ccc(CC(C)C)cc1.[Y]. The largest absolute Gasteiger partial charge is 0.662 e. The van der Waals surface area contributed by atoms with Gasteiger partial charge >= 0.3 is 0 Å². The van der Waals surface area contributed by atoms with Crippen LogP contribution < -0.4 is 5.32 Å². The molecule has 1 atom stereocenters. The van der Waals surface area contributed by atoms with Gasteiger partial charge in [-0.15, -0.1) is 13.1 Å². The minimum absolute atomic E-state index is 0. The molecule has 1 aromatic rings. The molecule has 1 N–H and O–H groups in total. The molecule has 0 spiro atoms. The number of unbranched alkanes of at least 4 members (excludes halogenated alkanes) is 3. The van der Waals surface area contributed by atoms with Gasteiger partial charge in [-0.25, -0.2) is 0 Å². The normalized spacial score (nSPS) is 12.1. The molecule has 1 rings (SSSR count). The number of hydrogen-bond acceptors (Lipinski definition) is 1. The first kappa shape index (κ1) is 28.8. The quantitative estimate of drug-likeness (QED) is 0.290. The fourth-order valence-corrected chi connectivity index (χ4v) is 3.34. The molecular weight excluding hydrogens is 433 g/mol. The minimum atomic E-state index is -0.0889. The molecule has 0 bridgehead atoms. The maximum Gasteiger partial charge on any atom is 0.227 e. The van der Waals surface area contributed by atoms with E-state index in [1.165, 1.54) is 24.8 Å². The Kier molecular flexibility index (Phi) is 17.3. The fraction of sp³-hybridized carbons (Fsp3) is 0.720. The van der Waals surface area contributed by atoms with Crippen LogP contribution in [0.5, 0.6) is 0 Å². The summed E-state index contributed by atoms with van der Waals surface area (Å²) in [5.74, 6) is 1.51. The van der Waals surface area contributed by atoms with E-state index in [0.29, 0.717) is 5.92 Å². The van der Waals surface area contributed by atoms with Gasteiger partial charge in [0.1, 0.15) is 0 Å². The van der Waals surface area contributed by atoms with Crippen LogP contribution in [0.15, 0.2) is 24.3 Å². The number of amides is 1. The number of carbonyl (C=O) groups excluding carboxylic acids is 1. The Morgan fingerprint density at radius 2 is 1.48 bits per heavy atom. The van der Waals surface area contributed by atoms with Gasteiger partial charge < -0.3 is 10.6 Å². The van der Waals surface area contributed by atoms with Crippen molar-refractivity contribution < 1.29 is 37.5 Å². The van der Waals surface area contributed by atoms with Gasteiger partial charge in [-0.3, -0.25) is 4.79 Å². The molecule has 0 aliphatic heterocycles. The molecule has 29 heavy (non-hydrogen) atoms. The zero-order valence-corrected chi connectivity index (χ0v) is 22.4. The van der Waals surface area contributed by atoms with Crippen molar-refractivity contribution in [2.24, 2.45) is 11.8 Å². The zero-order chi connectivity index (χ0) is 20.8. The second-order valence-corrected chi connectivity index (χ2v) is 8.97. The Labute approximate surface area is 205 Å². The van der Waals surface area contributed by atoms with Gasteiger partial charge in [0, 0.05) is 39.3 Å². The van der Waals surface area contributed by atoms with Crippen molar-refractivity contribution in [2.75, 3.05) is 19.6 Å². The molecule has 0 saturated heterocycles. The number of hydrogen-bond donors (Lipinski definition) is 1. The van der Waals surface area contributed by atoms with E-state index in [1.807, 2.05) is 6.92 Å². The number of benzene rings is 1. The third-order valence-corrected chi connectivity index (χ3v) is 5.16. The first-order valence-corrected chi connectivity index (χ1v) is 11.4. The summed E-state index contributed by atoms with van der Waals surface area (Å²) in [6.45, 7) is 13.7. The predicted octanol–water partition coefficient (Wildman–Crippen LogP) is 6.47. The second kappa shape index (κ2) is 17.4. The number of rotatable bonds is 15. The van der Waals surface area contributed by atoms with Crippen LogP contribution in [0.25, 0.3) is 5.32 Å². The van der Waals surface area contributed by atoms with Gasteiger partial charge in [0.2, 0.25) is 5.91 Å². The second-order valence-electron chi connectivity index (χ2n) is 8.97. The smallest absolute Gasteiger partial charge is 0.227 e. The topological polar surface area (TPSA) is 43.2 Å². The Bertz CT molecular complexity index is 528. The first-order valence-electron chi connectivity index (χ1n) is 11.4. The summed E-state index contributed by atoms with van der Waals surface area (Å²) in [4.78, 5) is 12.4. The fourth-order valence-electron chi connectivity index (χ4n) is 3.34. The van der Waals surface area contributed by atoms with Gasteiger partial charge in [-0.05, 0) is 42.7 Å². The van der Waals surface area contributed by atoms with Crippen LogP contribution >= 0.6 is 0 Å². The van der Waals surface area contributed by atoms with E-state index in [9.17, 15) is 4.79 Å². The maximum atomic E-state index is 12.4. The van der Waals surface area contributed by atoms with Gasteiger partial charge in [-0.2, -0.15) is 0 Å². The van der Waals surface area contributed by atoms with Gasteiger partial charge in [0.15, 0.2) is 0 Å². The molecule has 4 heteroatoms. The van der Waals surface area contributed by atoms with Gasteiger partial charge in [0.05, 0.1) is 5.92 Å². The van der Waals surface area contributed by atoms with Crippen LogP contribution in [0.3, 0.4) is 0 Å². The van der Waals surface area contributed by atoms with Crippen molar-refractivity contribution >= 4 is 5.91 Å². The third-order valence-electron chi connectivity index (χ3n) is 5.16. The van der Waals surface area contributed by atoms with E-state index >= 15 is 0 Å². The van der Waals surface area contributed by atoms with Crippen LogP contribution in [0.4, 0.5) is 0 Å². The van der Waals surface area contributed by atoms with E-state index in [-0.39, 0.29) is 44.5 Å². The Morgan fingerprint density at radius 1 is 0.862 bits per heavy atom. The summed E-state index contributed by atoms with van der Waals surface area (Å²) in [5.41, 5.74) is 2.44. The molecule has 1 aromatic carbocycles. The molecule has 1 amide bonds. The van der Waals surface area contributed by atoms with Crippen molar-refractivity contribution in [3.05, 3.63) is 40.7 Å². The molecule has 3 nitrogen and oxygen atoms in total. The zero-order valence-electron chi connectivity index (χ0n) is 19.5. The molecule has 0 heterocycles. The number of nitrogens with one attached hydrogen (secondary N) is 1. The van der Waals surface area contributed by atoms with Crippen molar-refractivity contribution in [2.45, 2.75) is 85.5 Å². The summed E-state index contributed by atoms with van der Waals surface area (Å²) in [7, 11) is 0. The summed E-state index contributed by atoms with van der Waals surface area (Å²) in [5, 5.41) is 7.69. The van der Waals surface area contributed by atoms with E-state index in [0.717, 1.165) is 56.8 Å². The summed E-state index contributed by atoms with van der Waals surface area (Å²) in [6, 6.07) is 8.52. The van der Waals surface area contributed by atoms with Gasteiger partial charge in [0.25, 0.3) is 0 Å². The van der Waals surface area contributed by atoms with Crippen LogP contribution in [0, 0.1) is 11.8 Å². The molecular formula is C25H43N2OY-. The summed E-state index contributed by atoms with van der Waals surface area (Å²) >= 11 is 0. The molecule has 1 radical (unpaired) electrons. The Hall–Kier alpha value is -0.246. The summed E-state index contributed by atoms with van der Waals surface area (Å²) < 4.78 is 0. The number of nitrogens with zero attached hydrogens (tertiary/aromatic N) is 1. The average molecular weight is 477 g/mol. The van der Waals surface area contributed by atoms with E-state index < -0.39 is 0 Å². The van der Waals surface area contributed by atoms with E-state index in [2.05, 4.69) is 62.6 Å². The molecule has 0 saturated carbocycles. The van der Waals surface area contributed by atoms with Crippen molar-refractivity contribution in [1.82, 2.24) is 5.32 Å². The van der Waals surface area contributed by atoms with Crippen LogP contribution in [0.2, 0.25) is 0 Å². The predicted molar refractivity (Wildman–Crippen MR) is 122 cm³/mol. The van der Waals surface area contributed by atoms with Crippen LogP contribution in [0.1, 0.15) is 90.2 Å². The van der Waals surface area contributed by atoms with Crippen molar-refractivity contribution in [3.8, 4) is 0 Å². The van der Waals surface area contributed by atoms with E-state index in [4.69, 9.17) is 0 Å². The maximum absolute atomic E-state index is 12.4.